The van der Waals surface area contributed by atoms with Crippen molar-refractivity contribution in [3.63, 3.8) is 0 Å². The van der Waals surface area contributed by atoms with Crippen LogP contribution in [0.25, 0.3) is 0 Å². The number of hydrogen-bond acceptors (Lipinski definition) is 2. The minimum absolute atomic E-state index is 0.101. The first kappa shape index (κ1) is 17.7. The molecule has 0 bridgehead atoms. The van der Waals surface area contributed by atoms with Crippen LogP contribution in [0.15, 0.2) is 24.3 Å². The van der Waals surface area contributed by atoms with E-state index in [1.807, 2.05) is 26.0 Å². The maximum Gasteiger partial charge on any atom is 0.227 e. The molecular formula is C18H30N2O. The molecule has 0 aromatic heterocycles. The van der Waals surface area contributed by atoms with E-state index in [9.17, 15) is 4.79 Å². The second-order valence-corrected chi connectivity index (χ2v) is 6.29. The number of rotatable bonds is 8. The third-order valence-corrected chi connectivity index (χ3v) is 3.85. The van der Waals surface area contributed by atoms with Crippen LogP contribution in [0.3, 0.4) is 0 Å². The van der Waals surface area contributed by atoms with Crippen molar-refractivity contribution < 1.29 is 4.79 Å². The van der Waals surface area contributed by atoms with Crippen LogP contribution in [0.2, 0.25) is 0 Å². The smallest absolute Gasteiger partial charge is 0.227 e. The summed E-state index contributed by atoms with van der Waals surface area (Å²) in [5.74, 6) is 0.840. The Morgan fingerprint density at radius 2 is 1.71 bits per heavy atom. The molecular weight excluding hydrogens is 260 g/mol. The molecule has 0 fully saturated rings. The first-order valence-electron chi connectivity index (χ1n) is 8.11. The van der Waals surface area contributed by atoms with Crippen LogP contribution in [-0.4, -0.2) is 11.9 Å². The molecule has 1 unspecified atom stereocenters. The quantitative estimate of drug-likeness (QED) is 0.761. The van der Waals surface area contributed by atoms with Gasteiger partial charge in [-0.3, -0.25) is 4.79 Å². The molecule has 0 saturated carbocycles. The lowest BCUT2D eigenvalue weighted by Crippen LogP contribution is -2.24. The number of hydrogen-bond donors (Lipinski definition) is 2. The highest BCUT2D eigenvalue weighted by Gasteiger charge is 2.14. The number of anilines is 1. The Balaban J connectivity index is 2.56. The minimum atomic E-state index is 0.101. The zero-order valence-electron chi connectivity index (χ0n) is 13.9. The molecule has 118 valence electrons. The van der Waals surface area contributed by atoms with Gasteiger partial charge >= 0.3 is 0 Å². The Labute approximate surface area is 129 Å². The van der Waals surface area contributed by atoms with E-state index < -0.39 is 0 Å². The first-order chi connectivity index (χ1) is 9.96. The monoisotopic (exact) mass is 290 g/mol. The molecule has 3 N–H and O–H groups in total. The van der Waals surface area contributed by atoms with Crippen LogP contribution in [0.1, 0.15) is 52.5 Å². The Kier molecular flexibility index (Phi) is 7.44. The van der Waals surface area contributed by atoms with Gasteiger partial charge in [-0.15, -0.1) is 0 Å². The molecule has 1 amide bonds. The number of carbonyl (C=O) groups is 1. The Morgan fingerprint density at radius 1 is 1.14 bits per heavy atom. The average molecular weight is 290 g/mol. The van der Waals surface area contributed by atoms with Crippen molar-refractivity contribution in [3.05, 3.63) is 29.8 Å². The molecule has 0 radical (unpaired) electrons. The van der Waals surface area contributed by atoms with Crippen LogP contribution in [0, 0.1) is 11.8 Å². The summed E-state index contributed by atoms with van der Waals surface area (Å²) in [6.07, 6.45) is 3.68. The summed E-state index contributed by atoms with van der Waals surface area (Å²) >= 11 is 0. The van der Waals surface area contributed by atoms with Gasteiger partial charge in [-0.25, -0.2) is 0 Å². The van der Waals surface area contributed by atoms with Gasteiger partial charge in [0.15, 0.2) is 0 Å². The van der Waals surface area contributed by atoms with Gasteiger partial charge in [-0.1, -0.05) is 39.8 Å². The average Bonchev–Trinajstić information content (AvgIpc) is 2.41. The van der Waals surface area contributed by atoms with Crippen molar-refractivity contribution in [2.24, 2.45) is 17.6 Å². The molecule has 0 spiro atoms. The summed E-state index contributed by atoms with van der Waals surface area (Å²) in [5.41, 5.74) is 8.23. The molecule has 0 aliphatic rings. The zero-order chi connectivity index (χ0) is 15.8. The molecule has 21 heavy (non-hydrogen) atoms. The van der Waals surface area contributed by atoms with Crippen molar-refractivity contribution in [3.8, 4) is 0 Å². The van der Waals surface area contributed by atoms with E-state index in [4.69, 9.17) is 5.73 Å². The summed E-state index contributed by atoms with van der Waals surface area (Å²) < 4.78 is 0. The topological polar surface area (TPSA) is 55.1 Å². The Morgan fingerprint density at radius 3 is 2.19 bits per heavy atom. The highest BCUT2D eigenvalue weighted by atomic mass is 16.1. The number of carbonyl (C=O) groups excluding carboxylic acids is 1. The SMILES string of the molecule is CCC(CC)C(=O)Nc1ccc(CC(N)CC(C)C)cc1. The molecule has 1 aromatic rings. The lowest BCUT2D eigenvalue weighted by molar-refractivity contribution is -0.120. The second kappa shape index (κ2) is 8.83. The number of nitrogens with two attached hydrogens (primary N) is 1. The van der Waals surface area contributed by atoms with Gasteiger partial charge < -0.3 is 11.1 Å². The van der Waals surface area contributed by atoms with Gasteiger partial charge in [0.25, 0.3) is 0 Å². The molecule has 0 saturated heterocycles. The van der Waals surface area contributed by atoms with Crippen LogP contribution in [0.4, 0.5) is 5.69 Å². The van der Waals surface area contributed by atoms with Crippen LogP contribution in [0.5, 0.6) is 0 Å². The third kappa shape index (κ3) is 6.30. The fraction of sp³-hybridized carbons (Fsp3) is 0.611. The summed E-state index contributed by atoms with van der Waals surface area (Å²) in [6.45, 7) is 8.48. The highest BCUT2D eigenvalue weighted by Crippen LogP contribution is 2.16. The zero-order valence-corrected chi connectivity index (χ0v) is 13.9. The Hall–Kier alpha value is -1.35. The van der Waals surface area contributed by atoms with Crippen LogP contribution >= 0.6 is 0 Å². The van der Waals surface area contributed by atoms with Crippen molar-refractivity contribution >= 4 is 11.6 Å². The second-order valence-electron chi connectivity index (χ2n) is 6.29. The van der Waals surface area contributed by atoms with Gasteiger partial charge in [-0.05, 0) is 49.3 Å². The summed E-state index contributed by atoms with van der Waals surface area (Å²) in [5, 5.41) is 2.99. The van der Waals surface area contributed by atoms with Crippen molar-refractivity contribution in [1.29, 1.82) is 0 Å². The van der Waals surface area contributed by atoms with Crippen molar-refractivity contribution in [2.75, 3.05) is 5.32 Å². The molecule has 1 atom stereocenters. The van der Waals surface area contributed by atoms with Gasteiger partial charge in [0.2, 0.25) is 5.91 Å². The van der Waals surface area contributed by atoms with Gasteiger partial charge in [-0.2, -0.15) is 0 Å². The summed E-state index contributed by atoms with van der Waals surface area (Å²) in [6, 6.07) is 8.26. The normalized spacial score (nSPS) is 12.7. The minimum Gasteiger partial charge on any atom is -0.327 e. The largest absolute Gasteiger partial charge is 0.327 e. The number of nitrogens with one attached hydrogen (secondary N) is 1. The van der Waals surface area contributed by atoms with Crippen molar-refractivity contribution in [1.82, 2.24) is 0 Å². The van der Waals surface area contributed by atoms with Gasteiger partial charge in [0.05, 0.1) is 0 Å². The fourth-order valence-corrected chi connectivity index (χ4v) is 2.62. The summed E-state index contributed by atoms with van der Waals surface area (Å²) in [7, 11) is 0. The molecule has 1 rings (SSSR count). The van der Waals surface area contributed by atoms with E-state index in [0.29, 0.717) is 5.92 Å². The highest BCUT2D eigenvalue weighted by molar-refractivity contribution is 5.92. The molecule has 0 heterocycles. The molecule has 3 heteroatoms. The lowest BCUT2D eigenvalue weighted by Gasteiger charge is -2.15. The molecule has 3 nitrogen and oxygen atoms in total. The first-order valence-corrected chi connectivity index (χ1v) is 8.11. The van der Waals surface area contributed by atoms with Crippen molar-refractivity contribution in [2.45, 2.75) is 59.4 Å². The van der Waals surface area contributed by atoms with Crippen LogP contribution in [-0.2, 0) is 11.2 Å². The predicted octanol–water partition coefficient (Wildman–Crippen LogP) is 3.98. The van der Waals surface area contributed by atoms with E-state index >= 15 is 0 Å². The summed E-state index contributed by atoms with van der Waals surface area (Å²) in [4.78, 5) is 12.0. The predicted molar refractivity (Wildman–Crippen MR) is 90.3 cm³/mol. The van der Waals surface area contributed by atoms with E-state index in [1.54, 1.807) is 0 Å². The lowest BCUT2D eigenvalue weighted by atomic mass is 9.98. The third-order valence-electron chi connectivity index (χ3n) is 3.85. The standard InChI is InChI=1S/C18H30N2O/c1-5-15(6-2)18(21)20-17-9-7-14(8-10-17)12-16(19)11-13(3)4/h7-10,13,15-16H,5-6,11-12,19H2,1-4H3,(H,20,21). The number of benzene rings is 1. The van der Waals surface area contributed by atoms with E-state index in [2.05, 4.69) is 31.3 Å². The maximum absolute atomic E-state index is 12.0. The van der Waals surface area contributed by atoms with E-state index in [0.717, 1.165) is 31.4 Å². The maximum atomic E-state index is 12.0. The van der Waals surface area contributed by atoms with Gasteiger partial charge in [0.1, 0.15) is 0 Å². The Bertz CT molecular complexity index is 421. The molecule has 0 aliphatic carbocycles. The van der Waals surface area contributed by atoms with E-state index in [-0.39, 0.29) is 17.9 Å². The van der Waals surface area contributed by atoms with Crippen LogP contribution < -0.4 is 11.1 Å². The van der Waals surface area contributed by atoms with Gasteiger partial charge in [0, 0.05) is 17.6 Å². The van der Waals surface area contributed by atoms with E-state index in [1.165, 1.54) is 5.56 Å². The molecule has 0 aliphatic heterocycles. The fourth-order valence-electron chi connectivity index (χ4n) is 2.62. The molecule has 1 aromatic carbocycles. The number of amides is 1.